The number of halogens is 2. The van der Waals surface area contributed by atoms with Crippen LogP contribution in [0.15, 0.2) is 61.0 Å². The molecule has 1 atom stereocenters. The van der Waals surface area contributed by atoms with Gasteiger partial charge in [-0.1, -0.05) is 11.6 Å². The van der Waals surface area contributed by atoms with Gasteiger partial charge in [0.1, 0.15) is 36.1 Å². The zero-order valence-corrected chi connectivity index (χ0v) is 27.2. The van der Waals surface area contributed by atoms with Gasteiger partial charge in [-0.25, -0.2) is 28.7 Å². The van der Waals surface area contributed by atoms with Gasteiger partial charge in [0.15, 0.2) is 0 Å². The van der Waals surface area contributed by atoms with Crippen LogP contribution in [0.25, 0.3) is 10.9 Å². The number of anilines is 3. The maximum atomic E-state index is 13.6. The zero-order chi connectivity index (χ0) is 36.3. The van der Waals surface area contributed by atoms with Gasteiger partial charge in [0.2, 0.25) is 5.91 Å². The monoisotopic (exact) mass is 703 g/mol. The lowest BCUT2D eigenvalue weighted by Gasteiger charge is -2.18. The third-order valence-corrected chi connectivity index (χ3v) is 6.36. The van der Waals surface area contributed by atoms with Crippen LogP contribution in [0.4, 0.5) is 21.6 Å². The summed E-state index contributed by atoms with van der Waals surface area (Å²) >= 11 is 5.92. The summed E-state index contributed by atoms with van der Waals surface area (Å²) in [6.07, 6.45) is 6.44. The number of carbonyl (C=O) groups excluding carboxylic acids is 2. The first-order valence-electron chi connectivity index (χ1n) is 14.5. The Morgan fingerprint density at radius 2 is 1.76 bits per heavy atom. The minimum Gasteiger partial charge on any atom is -0.486 e. The number of fused-ring (bicyclic) bond motifs is 1. The van der Waals surface area contributed by atoms with Crippen LogP contribution >= 0.6 is 11.6 Å². The molecule has 1 aliphatic heterocycles. The number of carboxylic acids is 3. The average molecular weight is 704 g/mol. The summed E-state index contributed by atoms with van der Waals surface area (Å²) in [6, 6.07) is 7.91. The van der Waals surface area contributed by atoms with Crippen molar-refractivity contribution in [3.8, 4) is 5.75 Å². The number of amides is 1. The Hall–Kier alpha value is -5.45. The Bertz CT molecular complexity index is 1660. The van der Waals surface area contributed by atoms with Gasteiger partial charge in [0.05, 0.1) is 29.4 Å². The maximum Gasteiger partial charge on any atom is 0.328 e. The van der Waals surface area contributed by atoms with Gasteiger partial charge in [-0.05, 0) is 57.4 Å². The third-order valence-electron chi connectivity index (χ3n) is 6.07. The summed E-state index contributed by atoms with van der Waals surface area (Å²) in [5, 5.41) is 30.2. The summed E-state index contributed by atoms with van der Waals surface area (Å²) < 4.78 is 25.1. The second-order valence-corrected chi connectivity index (χ2v) is 10.7. The summed E-state index contributed by atoms with van der Waals surface area (Å²) in [7, 11) is 3.94. The molecule has 0 radical (unpaired) electrons. The van der Waals surface area contributed by atoms with Gasteiger partial charge < -0.3 is 40.3 Å². The summed E-state index contributed by atoms with van der Waals surface area (Å²) in [5.41, 5.74) is 1.73. The van der Waals surface area contributed by atoms with E-state index in [1.165, 1.54) is 18.5 Å². The minimum absolute atomic E-state index is 0.00325. The van der Waals surface area contributed by atoms with Crippen LogP contribution in [0, 0.1) is 5.82 Å². The SMILES string of the molecule is CN(C)CCCC(=O)Nc1cc2c(Nc3ccc(F)c(Cl)c3)ncnc2cc1OC1CCOC1.O=C(O)/C=C\C(=O)O.O=C/C=C\C(=O)O. The van der Waals surface area contributed by atoms with Gasteiger partial charge in [-0.3, -0.25) is 9.59 Å². The molecule has 2 heterocycles. The first-order valence-corrected chi connectivity index (χ1v) is 14.8. The molecule has 5 N–H and O–H groups in total. The molecule has 2 aromatic carbocycles. The highest BCUT2D eigenvalue weighted by molar-refractivity contribution is 6.31. The smallest absolute Gasteiger partial charge is 0.328 e. The van der Waals surface area contributed by atoms with Crippen molar-refractivity contribution in [2.75, 3.05) is 44.5 Å². The maximum absolute atomic E-state index is 13.6. The first kappa shape index (κ1) is 39.7. The van der Waals surface area contributed by atoms with Crippen LogP contribution in [0.3, 0.4) is 0 Å². The van der Waals surface area contributed by atoms with Crippen molar-refractivity contribution in [2.45, 2.75) is 25.4 Å². The molecular weight excluding hydrogens is 669 g/mol. The average Bonchev–Trinajstić information content (AvgIpc) is 3.55. The highest BCUT2D eigenvalue weighted by Gasteiger charge is 2.21. The molecule has 17 heteroatoms. The van der Waals surface area contributed by atoms with Crippen molar-refractivity contribution in [1.82, 2.24) is 14.9 Å². The molecule has 4 rings (SSSR count). The number of ether oxygens (including phenoxy) is 2. The topological polar surface area (TPSA) is 218 Å². The van der Waals surface area contributed by atoms with Crippen LogP contribution in [0.1, 0.15) is 19.3 Å². The Morgan fingerprint density at radius 3 is 2.31 bits per heavy atom. The molecule has 1 unspecified atom stereocenters. The quantitative estimate of drug-likeness (QED) is 0.125. The fourth-order valence-corrected chi connectivity index (χ4v) is 4.09. The molecule has 1 amide bonds. The van der Waals surface area contributed by atoms with Crippen LogP contribution in [0.5, 0.6) is 5.75 Å². The summed E-state index contributed by atoms with van der Waals surface area (Å²) in [6.45, 7) is 1.95. The number of carboxylic acid groups (broad SMARTS) is 3. The molecule has 1 aliphatic rings. The van der Waals surface area contributed by atoms with Crippen LogP contribution < -0.4 is 15.4 Å². The molecule has 15 nitrogen and oxygen atoms in total. The lowest BCUT2D eigenvalue weighted by molar-refractivity contribution is -0.134. The number of aliphatic carboxylic acids is 3. The Labute approximate surface area is 285 Å². The van der Waals surface area contributed by atoms with Gasteiger partial charge in [0.25, 0.3) is 0 Å². The number of hydrogen-bond acceptors (Lipinski definition) is 11. The molecule has 0 bridgehead atoms. The molecule has 0 spiro atoms. The van der Waals surface area contributed by atoms with E-state index >= 15 is 0 Å². The van der Waals surface area contributed by atoms with Gasteiger partial charge in [0, 0.05) is 48.2 Å². The Balaban J connectivity index is 0.000000463. The number of rotatable bonds is 13. The lowest BCUT2D eigenvalue weighted by atomic mass is 10.1. The fraction of sp³-hybridized carbons (Fsp3) is 0.281. The standard InChI is InChI=1S/C24H27ClFN5O3.C4H4O4.C4H4O3/c1-31(2)8-3-4-23(32)30-21-11-17-20(12-22(21)34-16-7-9-33-13-16)27-14-28-24(17)29-15-5-6-19(26)18(25)10-15;5-3(6)1-2-4(7)8;5-3-1-2-4(6)7/h5-6,10-12,14,16H,3-4,7-9,13H2,1-2H3,(H,30,32)(H,27,28,29);1-2H,(H,5,6)(H,7,8);1-3H,(H,6,7)/b;2*2-1-. The zero-order valence-electron chi connectivity index (χ0n) is 26.5. The molecule has 49 heavy (non-hydrogen) atoms. The highest BCUT2D eigenvalue weighted by Crippen LogP contribution is 2.35. The van der Waals surface area contributed by atoms with Crippen molar-refractivity contribution in [1.29, 1.82) is 0 Å². The molecule has 1 fully saturated rings. The van der Waals surface area contributed by atoms with Gasteiger partial charge in [-0.2, -0.15) is 0 Å². The normalized spacial score (nSPS) is 13.7. The lowest BCUT2D eigenvalue weighted by Crippen LogP contribution is -2.19. The Kier molecular flexibility index (Phi) is 16.8. The van der Waals surface area contributed by atoms with Crippen molar-refractivity contribution >= 4 is 69.8 Å². The van der Waals surface area contributed by atoms with Gasteiger partial charge >= 0.3 is 17.9 Å². The summed E-state index contributed by atoms with van der Waals surface area (Å²) in [5.74, 6) is -3.21. The largest absolute Gasteiger partial charge is 0.486 e. The number of aldehydes is 1. The minimum atomic E-state index is -1.26. The van der Waals surface area contributed by atoms with Crippen molar-refractivity contribution in [3.63, 3.8) is 0 Å². The van der Waals surface area contributed by atoms with E-state index < -0.39 is 23.7 Å². The first-order chi connectivity index (χ1) is 23.3. The van der Waals surface area contributed by atoms with E-state index in [9.17, 15) is 28.4 Å². The second-order valence-electron chi connectivity index (χ2n) is 10.2. The number of hydrogen-bond donors (Lipinski definition) is 5. The third kappa shape index (κ3) is 15.3. The molecule has 262 valence electrons. The fourth-order valence-electron chi connectivity index (χ4n) is 3.91. The van der Waals surface area contributed by atoms with Gasteiger partial charge in [-0.15, -0.1) is 0 Å². The van der Waals surface area contributed by atoms with Crippen molar-refractivity contribution < 1.29 is 53.2 Å². The number of nitrogens with zero attached hydrogens (tertiary/aromatic N) is 3. The molecule has 1 aromatic heterocycles. The molecule has 3 aromatic rings. The van der Waals surface area contributed by atoms with Crippen molar-refractivity contribution in [2.24, 2.45) is 0 Å². The van der Waals surface area contributed by atoms with Crippen molar-refractivity contribution in [3.05, 3.63) is 71.8 Å². The molecule has 0 saturated carbocycles. The van der Waals surface area contributed by atoms with E-state index in [0.717, 1.165) is 31.5 Å². The molecule has 0 aliphatic carbocycles. The van der Waals surface area contributed by atoms with Crippen LogP contribution in [-0.4, -0.2) is 100 Å². The molecule has 1 saturated heterocycles. The van der Waals surface area contributed by atoms with E-state index in [2.05, 4.69) is 20.6 Å². The van der Waals surface area contributed by atoms with E-state index in [0.29, 0.717) is 71.9 Å². The van der Waals surface area contributed by atoms with Crippen LogP contribution in [0.2, 0.25) is 5.02 Å². The number of nitrogens with one attached hydrogen (secondary N) is 2. The number of carbonyl (C=O) groups is 5. The van der Waals surface area contributed by atoms with E-state index in [1.54, 1.807) is 18.2 Å². The number of benzene rings is 2. The predicted octanol–water partition coefficient (Wildman–Crippen LogP) is 4.15. The number of allylic oxidation sites excluding steroid dienone is 1. The van der Waals surface area contributed by atoms with E-state index in [-0.39, 0.29) is 17.0 Å². The highest BCUT2D eigenvalue weighted by atomic mass is 35.5. The van der Waals surface area contributed by atoms with E-state index in [4.69, 9.17) is 36.4 Å². The Morgan fingerprint density at radius 1 is 1.06 bits per heavy atom. The molecular formula is C32H35ClFN5O10. The predicted molar refractivity (Wildman–Crippen MR) is 178 cm³/mol. The second kappa shape index (κ2) is 20.7. The number of aromatic nitrogens is 2. The summed E-state index contributed by atoms with van der Waals surface area (Å²) in [4.78, 5) is 61.4. The van der Waals surface area contributed by atoms with Crippen LogP contribution in [-0.2, 0) is 28.7 Å². The van der Waals surface area contributed by atoms with E-state index in [1.807, 2.05) is 19.0 Å².